The van der Waals surface area contributed by atoms with E-state index in [0.717, 1.165) is 39.0 Å². The van der Waals surface area contributed by atoms with Crippen LogP contribution in [0.3, 0.4) is 0 Å². The van der Waals surface area contributed by atoms with Crippen molar-refractivity contribution in [1.82, 2.24) is 9.97 Å². The topological polar surface area (TPSA) is 63.3 Å². The minimum atomic E-state index is 0.483. The van der Waals surface area contributed by atoms with Gasteiger partial charge in [0.15, 0.2) is 0 Å². The minimum Gasteiger partial charge on any atom is -0.456 e. The van der Waals surface area contributed by atoms with E-state index in [4.69, 9.17) is 4.42 Å². The Morgan fingerprint density at radius 2 is 1.45 bits per heavy atom. The Bertz CT molecular complexity index is 1250. The Morgan fingerprint density at radius 1 is 0.793 bits per heavy atom. The Hall–Kier alpha value is -3.47. The van der Waals surface area contributed by atoms with Gasteiger partial charge in [0.2, 0.25) is 5.95 Å². The van der Waals surface area contributed by atoms with Crippen LogP contribution < -0.4 is 10.8 Å². The number of aromatic nitrogens is 2. The summed E-state index contributed by atoms with van der Waals surface area (Å²) in [7, 11) is 0. The van der Waals surface area contributed by atoms with Crippen LogP contribution in [0.25, 0.3) is 22.3 Å². The first-order chi connectivity index (χ1) is 13.9. The zero-order chi connectivity index (χ0) is 20.5. The van der Waals surface area contributed by atoms with Crippen molar-refractivity contribution in [3.05, 3.63) is 82.0 Å². The van der Waals surface area contributed by atoms with E-state index in [1.807, 2.05) is 26.0 Å². The van der Waals surface area contributed by atoms with Crippen molar-refractivity contribution >= 4 is 16.9 Å². The van der Waals surface area contributed by atoms with E-state index < -0.39 is 0 Å². The number of fused-ring (bicyclic) bond motifs is 1. The van der Waals surface area contributed by atoms with Gasteiger partial charge in [-0.1, -0.05) is 29.8 Å². The standard InChI is InChI=1S/C24H24N4O/c1-14-6-8-19(9-7-14)22-13-21(20-10-15(2)16(3)11-23(20)29-22)27-28-24-25-17(4)12-18(5)26-24/h6-13H,1-5H3,(H,25,26,28). The molecule has 2 heterocycles. The molecule has 2 aromatic heterocycles. The van der Waals surface area contributed by atoms with Gasteiger partial charge in [-0.25, -0.2) is 15.4 Å². The number of nitrogens with one attached hydrogen (secondary N) is 1. The Labute approximate surface area is 170 Å². The molecule has 0 atom stereocenters. The third-order valence-electron chi connectivity index (χ3n) is 4.95. The smallest absolute Gasteiger partial charge is 0.243 e. The molecular formula is C24H24N4O. The van der Waals surface area contributed by atoms with Crippen molar-refractivity contribution in [2.75, 3.05) is 5.43 Å². The molecule has 5 heteroatoms. The maximum absolute atomic E-state index is 6.24. The molecule has 0 unspecified atom stereocenters. The predicted octanol–water partition coefficient (Wildman–Crippen LogP) is 5.36. The van der Waals surface area contributed by atoms with Crippen molar-refractivity contribution in [3.8, 4) is 11.3 Å². The lowest BCUT2D eigenvalue weighted by atomic mass is 10.1. The van der Waals surface area contributed by atoms with Crippen LogP contribution in [0.2, 0.25) is 0 Å². The Balaban J connectivity index is 1.90. The summed E-state index contributed by atoms with van der Waals surface area (Å²) in [4.78, 5) is 8.82. The molecule has 0 bridgehead atoms. The maximum atomic E-state index is 6.24. The van der Waals surface area contributed by atoms with Crippen molar-refractivity contribution in [3.63, 3.8) is 0 Å². The third-order valence-corrected chi connectivity index (χ3v) is 4.95. The van der Waals surface area contributed by atoms with Crippen LogP contribution in [0, 0.1) is 34.6 Å². The highest BCUT2D eigenvalue weighted by Crippen LogP contribution is 2.24. The summed E-state index contributed by atoms with van der Waals surface area (Å²) in [5, 5.41) is 6.36. The van der Waals surface area contributed by atoms with E-state index in [0.29, 0.717) is 5.95 Å². The number of aryl methyl sites for hydroxylation is 5. The highest BCUT2D eigenvalue weighted by atomic mass is 16.3. The molecule has 0 aliphatic carbocycles. The van der Waals surface area contributed by atoms with E-state index in [1.165, 1.54) is 16.7 Å². The molecule has 0 aliphatic heterocycles. The molecule has 0 saturated heterocycles. The lowest BCUT2D eigenvalue weighted by molar-refractivity contribution is 0.617. The highest BCUT2D eigenvalue weighted by molar-refractivity contribution is 5.80. The molecule has 0 spiro atoms. The van der Waals surface area contributed by atoms with Gasteiger partial charge in [0.1, 0.15) is 11.3 Å². The summed E-state index contributed by atoms with van der Waals surface area (Å²) in [5.74, 6) is 1.25. The van der Waals surface area contributed by atoms with Crippen LogP contribution >= 0.6 is 0 Å². The van der Waals surface area contributed by atoms with Gasteiger partial charge in [0.05, 0.1) is 5.36 Å². The van der Waals surface area contributed by atoms with Crippen LogP contribution in [0.4, 0.5) is 5.95 Å². The molecule has 0 aliphatic rings. The average molecular weight is 384 g/mol. The third kappa shape index (κ3) is 4.04. The summed E-state index contributed by atoms with van der Waals surface area (Å²) in [6, 6.07) is 16.3. The average Bonchev–Trinajstić information content (AvgIpc) is 2.67. The monoisotopic (exact) mass is 384 g/mol. The normalized spacial score (nSPS) is 11.8. The van der Waals surface area contributed by atoms with Gasteiger partial charge >= 0.3 is 0 Å². The fourth-order valence-corrected chi connectivity index (χ4v) is 3.26. The quantitative estimate of drug-likeness (QED) is 0.483. The second-order valence-electron chi connectivity index (χ2n) is 7.49. The van der Waals surface area contributed by atoms with Crippen molar-refractivity contribution in [2.45, 2.75) is 34.6 Å². The molecule has 0 fully saturated rings. The molecule has 0 saturated carbocycles. The molecule has 4 aromatic rings. The van der Waals surface area contributed by atoms with Gasteiger partial charge in [-0.05, 0) is 63.9 Å². The first-order valence-corrected chi connectivity index (χ1v) is 9.63. The van der Waals surface area contributed by atoms with Gasteiger partial charge in [0.25, 0.3) is 0 Å². The number of benzene rings is 2. The van der Waals surface area contributed by atoms with E-state index in [-0.39, 0.29) is 0 Å². The van der Waals surface area contributed by atoms with Crippen LogP contribution in [0.15, 0.2) is 58.0 Å². The fourth-order valence-electron chi connectivity index (χ4n) is 3.26. The fraction of sp³-hybridized carbons (Fsp3) is 0.208. The number of nitrogens with zero attached hydrogens (tertiary/aromatic N) is 3. The SMILES string of the molecule is Cc1ccc(-c2cc(=NNc3nc(C)cc(C)n3)c3cc(C)c(C)cc3o2)cc1. The molecule has 2 aromatic carbocycles. The lowest BCUT2D eigenvalue weighted by Crippen LogP contribution is -2.09. The first kappa shape index (κ1) is 18.9. The van der Waals surface area contributed by atoms with Crippen molar-refractivity contribution in [1.29, 1.82) is 0 Å². The molecule has 0 radical (unpaired) electrons. The summed E-state index contributed by atoms with van der Waals surface area (Å²) in [6.07, 6.45) is 0. The summed E-state index contributed by atoms with van der Waals surface area (Å²) >= 11 is 0. The van der Waals surface area contributed by atoms with Crippen molar-refractivity contribution in [2.24, 2.45) is 5.10 Å². The van der Waals surface area contributed by atoms with Gasteiger partial charge in [-0.15, -0.1) is 0 Å². The molecular weight excluding hydrogens is 360 g/mol. The number of rotatable bonds is 3. The van der Waals surface area contributed by atoms with E-state index in [2.05, 4.69) is 77.7 Å². The zero-order valence-electron chi connectivity index (χ0n) is 17.4. The first-order valence-electron chi connectivity index (χ1n) is 9.63. The van der Waals surface area contributed by atoms with E-state index >= 15 is 0 Å². The summed E-state index contributed by atoms with van der Waals surface area (Å²) < 4.78 is 6.24. The highest BCUT2D eigenvalue weighted by Gasteiger charge is 2.08. The van der Waals surface area contributed by atoms with Crippen molar-refractivity contribution < 1.29 is 4.42 Å². The lowest BCUT2D eigenvalue weighted by Gasteiger charge is -2.08. The van der Waals surface area contributed by atoms with Gasteiger partial charge in [0, 0.05) is 28.4 Å². The summed E-state index contributed by atoms with van der Waals surface area (Å²) in [6.45, 7) is 10.1. The molecule has 0 amide bonds. The maximum Gasteiger partial charge on any atom is 0.243 e. The Kier molecular flexibility index (Phi) is 4.89. The second kappa shape index (κ2) is 7.51. The van der Waals surface area contributed by atoms with Crippen LogP contribution in [0.5, 0.6) is 0 Å². The molecule has 146 valence electrons. The van der Waals surface area contributed by atoms with Crippen LogP contribution in [-0.2, 0) is 0 Å². The summed E-state index contributed by atoms with van der Waals surface area (Å²) in [5.41, 5.74) is 10.2. The second-order valence-corrected chi connectivity index (χ2v) is 7.49. The minimum absolute atomic E-state index is 0.483. The van der Waals surface area contributed by atoms with E-state index in [9.17, 15) is 0 Å². The molecule has 4 rings (SSSR count). The molecule has 29 heavy (non-hydrogen) atoms. The van der Waals surface area contributed by atoms with Crippen LogP contribution in [0.1, 0.15) is 28.1 Å². The van der Waals surface area contributed by atoms with Crippen LogP contribution in [-0.4, -0.2) is 9.97 Å². The predicted molar refractivity (Wildman–Crippen MR) is 117 cm³/mol. The number of hydrogen-bond acceptors (Lipinski definition) is 5. The van der Waals surface area contributed by atoms with Gasteiger partial charge in [-0.2, -0.15) is 5.10 Å². The molecule has 1 N–H and O–H groups in total. The molecule has 5 nitrogen and oxygen atoms in total. The van der Waals surface area contributed by atoms with Gasteiger partial charge < -0.3 is 4.42 Å². The Morgan fingerprint density at radius 3 is 2.14 bits per heavy atom. The van der Waals surface area contributed by atoms with Gasteiger partial charge in [-0.3, -0.25) is 0 Å². The number of hydrogen-bond donors (Lipinski definition) is 1. The largest absolute Gasteiger partial charge is 0.456 e. The number of anilines is 1. The zero-order valence-corrected chi connectivity index (χ0v) is 17.4. The van der Waals surface area contributed by atoms with E-state index in [1.54, 1.807) is 0 Å².